The summed E-state index contributed by atoms with van der Waals surface area (Å²) >= 11 is 3.37. The summed E-state index contributed by atoms with van der Waals surface area (Å²) in [7, 11) is 3.52. The third-order valence-electron chi connectivity index (χ3n) is 8.80. The molecule has 1 aliphatic carbocycles. The van der Waals surface area contributed by atoms with Gasteiger partial charge in [-0.1, -0.05) is 15.9 Å². The van der Waals surface area contributed by atoms with Crippen LogP contribution in [0.4, 0.5) is 17.1 Å². The van der Waals surface area contributed by atoms with Crippen LogP contribution in [0.15, 0.2) is 35.1 Å². The maximum Gasteiger partial charge on any atom is 0.294 e. The lowest BCUT2D eigenvalue weighted by molar-refractivity contribution is -0.384. The molecule has 244 valence electrons. The number of pyridine rings is 1. The van der Waals surface area contributed by atoms with Gasteiger partial charge in [-0.2, -0.15) is 0 Å². The van der Waals surface area contributed by atoms with Crippen LogP contribution in [0, 0.1) is 10.1 Å². The van der Waals surface area contributed by atoms with E-state index in [9.17, 15) is 19.7 Å². The van der Waals surface area contributed by atoms with Crippen molar-refractivity contribution < 1.29 is 24.0 Å². The normalized spacial score (nSPS) is 26.9. The minimum absolute atomic E-state index is 0.0284. The molecule has 3 aliphatic rings. The zero-order valence-electron chi connectivity index (χ0n) is 26.1. The Labute approximate surface area is 271 Å². The number of nitro groups is 1. The molecule has 2 aromatic rings. The van der Waals surface area contributed by atoms with Crippen LogP contribution in [0.3, 0.4) is 0 Å². The topological polar surface area (TPSA) is 151 Å². The predicted octanol–water partition coefficient (Wildman–Crippen LogP) is 3.78. The second-order valence-electron chi connectivity index (χ2n) is 12.3. The Hall–Kier alpha value is -3.33. The van der Waals surface area contributed by atoms with Crippen molar-refractivity contribution in [1.29, 1.82) is 0 Å². The van der Waals surface area contributed by atoms with Crippen LogP contribution in [0.2, 0.25) is 0 Å². The average Bonchev–Trinajstić information content (AvgIpc) is 3.63. The number of rotatable bonds is 10. The van der Waals surface area contributed by atoms with Gasteiger partial charge < -0.3 is 30.3 Å². The van der Waals surface area contributed by atoms with Crippen LogP contribution in [-0.4, -0.2) is 102 Å². The van der Waals surface area contributed by atoms with Crippen molar-refractivity contribution in [2.24, 2.45) is 0 Å². The predicted molar refractivity (Wildman–Crippen MR) is 173 cm³/mol. The number of amides is 2. The molecule has 2 saturated heterocycles. The Morgan fingerprint density at radius 2 is 1.87 bits per heavy atom. The minimum atomic E-state index is -0.489. The molecular weight excluding hydrogens is 646 g/mol. The van der Waals surface area contributed by atoms with E-state index < -0.39 is 11.0 Å². The molecule has 1 aromatic heterocycles. The number of aromatic nitrogens is 1. The molecule has 1 saturated carbocycles. The molecular formula is C31H42BrN7O6. The summed E-state index contributed by atoms with van der Waals surface area (Å²) in [6, 6.07) is 4.22. The number of benzene rings is 1. The molecule has 0 unspecified atom stereocenters. The van der Waals surface area contributed by atoms with Crippen LogP contribution in [0.5, 0.6) is 0 Å². The largest absolute Gasteiger partial charge is 0.387 e. The fraction of sp³-hybridized carbons (Fsp3) is 0.581. The zero-order chi connectivity index (χ0) is 32.2. The summed E-state index contributed by atoms with van der Waals surface area (Å²) in [5, 5.41) is 22.0. The molecule has 5 rings (SSSR count). The van der Waals surface area contributed by atoms with Gasteiger partial charge in [-0.3, -0.25) is 29.6 Å². The number of carbonyl (C=O) groups excluding carboxylic acids is 2. The molecule has 0 bridgehead atoms. The van der Waals surface area contributed by atoms with Gasteiger partial charge in [-0.15, -0.1) is 0 Å². The monoisotopic (exact) mass is 687 g/mol. The molecule has 2 aliphatic heterocycles. The van der Waals surface area contributed by atoms with Crippen LogP contribution < -0.4 is 16.0 Å². The number of nitrogens with one attached hydrogen (secondary N) is 3. The van der Waals surface area contributed by atoms with Crippen molar-refractivity contribution in [3.8, 4) is 0 Å². The average molecular weight is 689 g/mol. The van der Waals surface area contributed by atoms with Gasteiger partial charge in [0.2, 0.25) is 5.91 Å². The molecule has 3 N–H and O–H groups in total. The third kappa shape index (κ3) is 7.91. The molecule has 45 heavy (non-hydrogen) atoms. The summed E-state index contributed by atoms with van der Waals surface area (Å²) in [5.74, 6) is -0.395. The summed E-state index contributed by atoms with van der Waals surface area (Å²) in [4.78, 5) is 47.5. The number of ether oxygens (including phenoxy) is 2. The van der Waals surface area contributed by atoms with Gasteiger partial charge in [-0.25, -0.2) is 0 Å². The molecule has 0 radical (unpaired) electrons. The van der Waals surface area contributed by atoms with Crippen LogP contribution >= 0.6 is 15.9 Å². The number of carbonyl (C=O) groups is 2. The maximum absolute atomic E-state index is 13.9. The molecule has 14 heteroatoms. The Morgan fingerprint density at radius 1 is 1.11 bits per heavy atom. The minimum Gasteiger partial charge on any atom is -0.387 e. The van der Waals surface area contributed by atoms with Gasteiger partial charge in [0.05, 0.1) is 40.5 Å². The van der Waals surface area contributed by atoms with Gasteiger partial charge >= 0.3 is 0 Å². The highest BCUT2D eigenvalue weighted by Gasteiger charge is 2.40. The molecule has 2 amide bonds. The second kappa shape index (κ2) is 14.4. The van der Waals surface area contributed by atoms with Crippen molar-refractivity contribution in [2.75, 3.05) is 44.4 Å². The Kier molecular flexibility index (Phi) is 10.6. The summed E-state index contributed by atoms with van der Waals surface area (Å²) in [6.07, 6.45) is 6.23. The fourth-order valence-electron chi connectivity index (χ4n) is 6.76. The highest BCUT2D eigenvalue weighted by atomic mass is 79.9. The lowest BCUT2D eigenvalue weighted by Gasteiger charge is -2.35. The van der Waals surface area contributed by atoms with Gasteiger partial charge in [0.1, 0.15) is 5.69 Å². The molecule has 3 heterocycles. The number of nitro benzene ring substituents is 1. The fourth-order valence-corrected chi connectivity index (χ4v) is 7.20. The number of morpholine rings is 1. The van der Waals surface area contributed by atoms with Crippen molar-refractivity contribution >= 4 is 44.8 Å². The zero-order valence-corrected chi connectivity index (χ0v) is 27.7. The van der Waals surface area contributed by atoms with E-state index >= 15 is 0 Å². The van der Waals surface area contributed by atoms with Crippen LogP contribution in [0.1, 0.15) is 55.5 Å². The van der Waals surface area contributed by atoms with Gasteiger partial charge in [0.25, 0.3) is 11.6 Å². The quantitative estimate of drug-likeness (QED) is 0.249. The Bertz CT molecular complexity index is 1400. The van der Waals surface area contributed by atoms with Crippen LogP contribution in [-0.2, 0) is 20.8 Å². The van der Waals surface area contributed by atoms with Crippen molar-refractivity contribution in [3.05, 3.63) is 56.3 Å². The summed E-state index contributed by atoms with van der Waals surface area (Å²) in [6.45, 7) is 5.46. The van der Waals surface area contributed by atoms with Crippen molar-refractivity contribution in [2.45, 2.75) is 82.5 Å². The number of likely N-dealkylation sites (tertiary alicyclic amines) is 1. The SMILES string of the molecule is CNc1cncc(CN2C[C@H](Nc3c(C(=O)N4C[C@@H](C)O[C@@H](C)C4)cc(Br)cc3[N+](=O)[O-])C[C@H]2C(=O)N[C@H]2CC[C@@H](OC)C2)c1. The van der Waals surface area contributed by atoms with Crippen molar-refractivity contribution in [1.82, 2.24) is 20.1 Å². The Morgan fingerprint density at radius 3 is 2.53 bits per heavy atom. The number of hydrogen-bond donors (Lipinski definition) is 3. The van der Waals surface area contributed by atoms with E-state index in [4.69, 9.17) is 9.47 Å². The second-order valence-corrected chi connectivity index (χ2v) is 13.2. The number of anilines is 2. The van der Waals surface area contributed by atoms with Gasteiger partial charge in [-0.05, 0) is 57.2 Å². The first-order valence-electron chi connectivity index (χ1n) is 15.4. The number of nitrogens with zero attached hydrogens (tertiary/aromatic N) is 4. The van der Waals surface area contributed by atoms with E-state index in [1.165, 1.54) is 6.07 Å². The molecule has 0 spiro atoms. The van der Waals surface area contributed by atoms with E-state index in [-0.39, 0.29) is 59.1 Å². The lowest BCUT2D eigenvalue weighted by Crippen LogP contribution is -2.48. The Balaban J connectivity index is 1.42. The van der Waals surface area contributed by atoms with Crippen molar-refractivity contribution in [3.63, 3.8) is 0 Å². The smallest absolute Gasteiger partial charge is 0.294 e. The van der Waals surface area contributed by atoms with Crippen LogP contribution in [0.25, 0.3) is 0 Å². The van der Waals surface area contributed by atoms with E-state index in [1.54, 1.807) is 30.5 Å². The van der Waals surface area contributed by atoms with E-state index in [0.717, 1.165) is 30.5 Å². The highest BCUT2D eigenvalue weighted by Crippen LogP contribution is 2.36. The third-order valence-corrected chi connectivity index (χ3v) is 9.26. The summed E-state index contributed by atoms with van der Waals surface area (Å²) in [5.41, 5.74) is 1.95. The summed E-state index contributed by atoms with van der Waals surface area (Å²) < 4.78 is 11.7. The molecule has 6 atom stereocenters. The molecule has 1 aromatic carbocycles. The first-order chi connectivity index (χ1) is 21.5. The van der Waals surface area contributed by atoms with Gasteiger partial charge in [0.15, 0.2) is 0 Å². The highest BCUT2D eigenvalue weighted by molar-refractivity contribution is 9.10. The standard InChI is InChI=1S/C31H42BrN7O6/c1-18-14-38(15-19(2)45-18)31(41)26-8-21(32)9-27(39(42)43)29(26)35-24-11-28(30(40)36-22-5-6-25(10-22)44-4)37(17-24)16-20-7-23(33-3)13-34-12-20/h7-9,12-13,18-19,22,24-25,28,33,35H,5-6,10-11,14-17H2,1-4H3,(H,36,40)/t18-,19+,22-,24+,25+,28-/m0/s1. The van der Waals surface area contributed by atoms with Gasteiger partial charge in [0, 0.05) is 75.4 Å². The molecule has 3 fully saturated rings. The van der Waals surface area contributed by atoms with E-state index in [0.29, 0.717) is 37.1 Å². The first kappa shape index (κ1) is 33.0. The van der Waals surface area contributed by atoms with E-state index in [1.807, 2.05) is 27.0 Å². The number of methoxy groups -OCH3 is 1. The number of hydrogen-bond acceptors (Lipinski definition) is 10. The first-order valence-corrected chi connectivity index (χ1v) is 16.2. The maximum atomic E-state index is 13.9. The van der Waals surface area contributed by atoms with E-state index in [2.05, 4.69) is 41.8 Å². The number of halogens is 1. The lowest BCUT2D eigenvalue weighted by atomic mass is 10.1. The molecule has 13 nitrogen and oxygen atoms in total.